The Kier molecular flexibility index (Phi) is 2.48. The van der Waals surface area contributed by atoms with E-state index in [1.165, 1.54) is 6.07 Å². The summed E-state index contributed by atoms with van der Waals surface area (Å²) in [4.78, 5) is 21.9. The molecule has 0 fully saturated rings. The molecule has 0 atom stereocenters. The molecule has 1 aromatic carbocycles. The van der Waals surface area contributed by atoms with Gasteiger partial charge in [0.15, 0.2) is 0 Å². The SMILES string of the molecule is Cc1cc(=O)oc2cc(CC(N)=O)ccc12. The van der Waals surface area contributed by atoms with E-state index in [4.69, 9.17) is 10.2 Å². The van der Waals surface area contributed by atoms with Crippen LogP contribution in [0.5, 0.6) is 0 Å². The molecule has 4 nitrogen and oxygen atoms in total. The molecule has 2 rings (SSSR count). The first-order chi connectivity index (χ1) is 7.56. The maximum Gasteiger partial charge on any atom is 0.336 e. The molecule has 16 heavy (non-hydrogen) atoms. The van der Waals surface area contributed by atoms with Crippen LogP contribution in [0.2, 0.25) is 0 Å². The van der Waals surface area contributed by atoms with E-state index in [1.807, 2.05) is 13.0 Å². The molecule has 1 amide bonds. The first-order valence-electron chi connectivity index (χ1n) is 4.88. The van der Waals surface area contributed by atoms with E-state index in [9.17, 15) is 9.59 Å². The molecule has 0 bridgehead atoms. The number of carbonyl (C=O) groups excluding carboxylic acids is 1. The van der Waals surface area contributed by atoms with Gasteiger partial charge in [-0.15, -0.1) is 0 Å². The van der Waals surface area contributed by atoms with E-state index in [0.717, 1.165) is 16.5 Å². The summed E-state index contributed by atoms with van der Waals surface area (Å²) in [7, 11) is 0. The van der Waals surface area contributed by atoms with Crippen LogP contribution >= 0.6 is 0 Å². The third-order valence-electron chi connectivity index (χ3n) is 2.39. The van der Waals surface area contributed by atoms with Gasteiger partial charge >= 0.3 is 5.63 Å². The number of nitrogens with two attached hydrogens (primary N) is 1. The number of carbonyl (C=O) groups is 1. The molecule has 0 saturated carbocycles. The molecule has 2 aromatic rings. The second kappa shape index (κ2) is 3.81. The maximum absolute atomic E-state index is 11.2. The normalized spacial score (nSPS) is 10.6. The van der Waals surface area contributed by atoms with Crippen LogP contribution in [0.25, 0.3) is 11.0 Å². The number of fused-ring (bicyclic) bond motifs is 1. The highest BCUT2D eigenvalue weighted by atomic mass is 16.4. The maximum atomic E-state index is 11.2. The molecule has 0 aliphatic heterocycles. The fourth-order valence-electron chi connectivity index (χ4n) is 1.68. The van der Waals surface area contributed by atoms with Crippen molar-refractivity contribution in [2.45, 2.75) is 13.3 Å². The quantitative estimate of drug-likeness (QED) is 0.766. The summed E-state index contributed by atoms with van der Waals surface area (Å²) >= 11 is 0. The highest BCUT2D eigenvalue weighted by Crippen LogP contribution is 2.18. The highest BCUT2D eigenvalue weighted by Gasteiger charge is 2.04. The van der Waals surface area contributed by atoms with Gasteiger partial charge in [-0.05, 0) is 24.1 Å². The molecule has 0 aliphatic carbocycles. The van der Waals surface area contributed by atoms with Crippen LogP contribution in [0.3, 0.4) is 0 Å². The summed E-state index contributed by atoms with van der Waals surface area (Å²) in [6, 6.07) is 6.75. The topological polar surface area (TPSA) is 73.3 Å². The lowest BCUT2D eigenvalue weighted by atomic mass is 10.1. The van der Waals surface area contributed by atoms with Crippen molar-refractivity contribution in [2.24, 2.45) is 5.73 Å². The van der Waals surface area contributed by atoms with E-state index < -0.39 is 5.91 Å². The minimum atomic E-state index is -0.408. The number of hydrogen-bond acceptors (Lipinski definition) is 3. The van der Waals surface area contributed by atoms with Crippen molar-refractivity contribution in [3.8, 4) is 0 Å². The van der Waals surface area contributed by atoms with E-state index in [0.29, 0.717) is 5.58 Å². The Morgan fingerprint density at radius 3 is 2.81 bits per heavy atom. The predicted molar refractivity (Wildman–Crippen MR) is 60.1 cm³/mol. The molecule has 0 radical (unpaired) electrons. The standard InChI is InChI=1S/C12H11NO3/c1-7-4-12(15)16-10-5-8(6-11(13)14)2-3-9(7)10/h2-5H,6H2,1H3,(H2,13,14). The third-order valence-corrected chi connectivity index (χ3v) is 2.39. The molecule has 2 N–H and O–H groups in total. The first kappa shape index (κ1) is 10.4. The van der Waals surface area contributed by atoms with Gasteiger partial charge in [-0.1, -0.05) is 12.1 Å². The summed E-state index contributed by atoms with van der Waals surface area (Å²) in [5.41, 5.74) is 6.80. The van der Waals surface area contributed by atoms with Gasteiger partial charge < -0.3 is 10.2 Å². The third kappa shape index (κ3) is 1.95. The molecule has 0 unspecified atom stereocenters. The van der Waals surface area contributed by atoms with Gasteiger partial charge in [0.2, 0.25) is 5.91 Å². The average molecular weight is 217 g/mol. The number of aryl methyl sites for hydroxylation is 1. The Morgan fingerprint density at radius 1 is 1.38 bits per heavy atom. The molecule has 1 heterocycles. The Morgan fingerprint density at radius 2 is 2.12 bits per heavy atom. The zero-order valence-corrected chi connectivity index (χ0v) is 8.82. The molecule has 82 valence electrons. The van der Waals surface area contributed by atoms with Gasteiger partial charge in [-0.2, -0.15) is 0 Å². The summed E-state index contributed by atoms with van der Waals surface area (Å²) in [6.07, 6.45) is 0.146. The number of hydrogen-bond donors (Lipinski definition) is 1. The van der Waals surface area contributed by atoms with Gasteiger partial charge in [0.1, 0.15) is 5.58 Å². The van der Waals surface area contributed by atoms with Crippen molar-refractivity contribution >= 4 is 16.9 Å². The lowest BCUT2D eigenvalue weighted by Gasteiger charge is -2.02. The van der Waals surface area contributed by atoms with Crippen LogP contribution in [0.15, 0.2) is 33.5 Å². The van der Waals surface area contributed by atoms with Crippen LogP contribution in [0.4, 0.5) is 0 Å². The van der Waals surface area contributed by atoms with Crippen LogP contribution in [0, 0.1) is 6.92 Å². The predicted octanol–water partition coefficient (Wildman–Crippen LogP) is 1.13. The highest BCUT2D eigenvalue weighted by molar-refractivity contribution is 5.83. The van der Waals surface area contributed by atoms with Gasteiger partial charge in [0.05, 0.1) is 6.42 Å². The number of primary amides is 1. The summed E-state index contributed by atoms with van der Waals surface area (Å²) in [5, 5.41) is 0.868. The summed E-state index contributed by atoms with van der Waals surface area (Å²) in [5.74, 6) is -0.408. The fourth-order valence-corrected chi connectivity index (χ4v) is 1.68. The van der Waals surface area contributed by atoms with Crippen molar-refractivity contribution in [2.75, 3.05) is 0 Å². The Labute approximate surface area is 91.7 Å². The van der Waals surface area contributed by atoms with Gasteiger partial charge in [0.25, 0.3) is 0 Å². The minimum absolute atomic E-state index is 0.146. The van der Waals surface area contributed by atoms with Gasteiger partial charge in [-0.3, -0.25) is 4.79 Å². The van der Waals surface area contributed by atoms with Crippen LogP contribution in [-0.2, 0) is 11.2 Å². The van der Waals surface area contributed by atoms with Crippen LogP contribution < -0.4 is 11.4 Å². The monoisotopic (exact) mass is 217 g/mol. The minimum Gasteiger partial charge on any atom is -0.423 e. The zero-order valence-electron chi connectivity index (χ0n) is 8.82. The van der Waals surface area contributed by atoms with Crippen molar-refractivity contribution in [1.29, 1.82) is 0 Å². The second-order valence-corrected chi connectivity index (χ2v) is 3.72. The van der Waals surface area contributed by atoms with Crippen molar-refractivity contribution in [3.05, 3.63) is 45.8 Å². The lowest BCUT2D eigenvalue weighted by Crippen LogP contribution is -2.13. The summed E-state index contributed by atoms with van der Waals surface area (Å²) < 4.78 is 5.06. The average Bonchev–Trinajstić information content (AvgIpc) is 2.15. The van der Waals surface area contributed by atoms with E-state index >= 15 is 0 Å². The van der Waals surface area contributed by atoms with Crippen molar-refractivity contribution in [3.63, 3.8) is 0 Å². The smallest absolute Gasteiger partial charge is 0.336 e. The molecule has 0 aliphatic rings. The molecule has 4 heteroatoms. The van der Waals surface area contributed by atoms with Crippen LogP contribution in [0.1, 0.15) is 11.1 Å². The zero-order chi connectivity index (χ0) is 11.7. The summed E-state index contributed by atoms with van der Waals surface area (Å²) in [6.45, 7) is 1.84. The number of benzene rings is 1. The Bertz CT molecular complexity index is 613. The lowest BCUT2D eigenvalue weighted by molar-refractivity contribution is -0.117. The molecule has 1 aromatic heterocycles. The van der Waals surface area contributed by atoms with Crippen LogP contribution in [-0.4, -0.2) is 5.91 Å². The molecular formula is C12H11NO3. The fraction of sp³-hybridized carbons (Fsp3) is 0.167. The largest absolute Gasteiger partial charge is 0.423 e. The molecular weight excluding hydrogens is 206 g/mol. The molecule has 0 spiro atoms. The number of rotatable bonds is 2. The molecule has 0 saturated heterocycles. The second-order valence-electron chi connectivity index (χ2n) is 3.72. The van der Waals surface area contributed by atoms with Crippen molar-refractivity contribution < 1.29 is 9.21 Å². The Hall–Kier alpha value is -2.10. The van der Waals surface area contributed by atoms with E-state index in [-0.39, 0.29) is 12.0 Å². The van der Waals surface area contributed by atoms with E-state index in [1.54, 1.807) is 12.1 Å². The first-order valence-corrected chi connectivity index (χ1v) is 4.88. The number of amides is 1. The van der Waals surface area contributed by atoms with Gasteiger partial charge in [0, 0.05) is 11.5 Å². The Balaban J connectivity index is 2.61. The van der Waals surface area contributed by atoms with Gasteiger partial charge in [-0.25, -0.2) is 4.79 Å². The van der Waals surface area contributed by atoms with E-state index in [2.05, 4.69) is 0 Å². The van der Waals surface area contributed by atoms with Crippen molar-refractivity contribution in [1.82, 2.24) is 0 Å².